The van der Waals surface area contributed by atoms with E-state index in [1.165, 1.54) is 19.3 Å². The number of nitrogens with one attached hydrogen (secondary N) is 1. The Bertz CT molecular complexity index is 388. The molecule has 1 saturated carbocycles. The van der Waals surface area contributed by atoms with E-state index >= 15 is 0 Å². The maximum Gasteiger partial charge on any atom is 0.317 e. The fourth-order valence-corrected chi connectivity index (χ4v) is 4.00. The lowest BCUT2D eigenvalue weighted by Gasteiger charge is -2.37. The lowest BCUT2D eigenvalue weighted by Crippen LogP contribution is -2.52. The van der Waals surface area contributed by atoms with E-state index in [1.54, 1.807) is 11.9 Å². The summed E-state index contributed by atoms with van der Waals surface area (Å²) in [5.41, 5.74) is 0. The second-order valence-corrected chi connectivity index (χ2v) is 8.00. The van der Waals surface area contributed by atoms with Crippen molar-refractivity contribution in [3.05, 3.63) is 0 Å². The highest BCUT2D eigenvalue weighted by Crippen LogP contribution is 2.28. The van der Waals surface area contributed by atoms with Crippen molar-refractivity contribution < 1.29 is 9.90 Å². The fourth-order valence-electron chi connectivity index (χ4n) is 4.00. The maximum atomic E-state index is 12.5. The predicted octanol–water partition coefficient (Wildman–Crippen LogP) is 1.06. The zero-order valence-electron chi connectivity index (χ0n) is 15.9. The second-order valence-electron chi connectivity index (χ2n) is 8.00. The van der Waals surface area contributed by atoms with Crippen LogP contribution in [0.15, 0.2) is 0 Å². The number of rotatable bonds is 5. The number of β-amino-alcohol motifs (C(OH)–C–C–N with tert-alkyl or cyclic N) is 1. The van der Waals surface area contributed by atoms with E-state index < -0.39 is 6.10 Å². The molecule has 2 fully saturated rings. The molecule has 1 heterocycles. The zero-order valence-corrected chi connectivity index (χ0v) is 15.9. The topological polar surface area (TPSA) is 59.1 Å². The number of likely N-dealkylation sites (N-methyl/N-ethyl adjacent to an activating group) is 2. The summed E-state index contributed by atoms with van der Waals surface area (Å²) in [5.74, 6) is 1.06. The van der Waals surface area contributed by atoms with Gasteiger partial charge in [0, 0.05) is 52.4 Å². The summed E-state index contributed by atoms with van der Waals surface area (Å²) in [7, 11) is 3.90. The first-order valence-corrected chi connectivity index (χ1v) is 9.47. The number of aliphatic hydroxyl groups excluding tert-OH is 1. The molecule has 0 aromatic rings. The SMILES string of the molecule is CC1CCCC(C)C1NC(=O)N(C)CC(O)CN1CCN(C)CC1. The summed E-state index contributed by atoms with van der Waals surface area (Å²) in [6.07, 6.45) is 3.13. The molecule has 3 unspecified atom stereocenters. The molecular weight excluding hydrogens is 304 g/mol. The molecule has 6 heteroatoms. The minimum atomic E-state index is -0.495. The van der Waals surface area contributed by atoms with Crippen molar-refractivity contribution in [2.45, 2.75) is 45.3 Å². The molecule has 3 atom stereocenters. The number of carbonyl (C=O) groups excluding carboxylic acids is 1. The van der Waals surface area contributed by atoms with Crippen LogP contribution >= 0.6 is 0 Å². The number of amides is 2. The minimum Gasteiger partial charge on any atom is -0.390 e. The third-order valence-electron chi connectivity index (χ3n) is 5.73. The van der Waals surface area contributed by atoms with E-state index in [0.29, 0.717) is 24.9 Å². The molecule has 6 nitrogen and oxygen atoms in total. The highest BCUT2D eigenvalue weighted by Gasteiger charge is 2.30. The molecular formula is C18H36N4O2. The highest BCUT2D eigenvalue weighted by molar-refractivity contribution is 5.74. The van der Waals surface area contributed by atoms with Crippen molar-refractivity contribution >= 4 is 6.03 Å². The molecule has 0 bridgehead atoms. The van der Waals surface area contributed by atoms with Gasteiger partial charge >= 0.3 is 6.03 Å². The van der Waals surface area contributed by atoms with Gasteiger partial charge in [-0.05, 0) is 31.7 Å². The van der Waals surface area contributed by atoms with Gasteiger partial charge in [0.1, 0.15) is 0 Å². The van der Waals surface area contributed by atoms with E-state index in [9.17, 15) is 9.90 Å². The molecule has 0 aromatic heterocycles. The smallest absolute Gasteiger partial charge is 0.317 e. The fraction of sp³-hybridized carbons (Fsp3) is 0.944. The van der Waals surface area contributed by atoms with Crippen LogP contribution in [0.5, 0.6) is 0 Å². The Morgan fingerprint density at radius 2 is 1.79 bits per heavy atom. The van der Waals surface area contributed by atoms with E-state index in [0.717, 1.165) is 26.2 Å². The van der Waals surface area contributed by atoms with E-state index in [4.69, 9.17) is 0 Å². The first-order valence-electron chi connectivity index (χ1n) is 9.47. The van der Waals surface area contributed by atoms with Crippen molar-refractivity contribution in [1.29, 1.82) is 0 Å². The summed E-state index contributed by atoms with van der Waals surface area (Å²) in [5, 5.41) is 13.5. The summed E-state index contributed by atoms with van der Waals surface area (Å²) in [4.78, 5) is 18.7. The molecule has 24 heavy (non-hydrogen) atoms. The van der Waals surface area contributed by atoms with Crippen molar-refractivity contribution in [2.75, 3.05) is 53.4 Å². The molecule has 0 spiro atoms. The van der Waals surface area contributed by atoms with Gasteiger partial charge in [0.05, 0.1) is 6.10 Å². The van der Waals surface area contributed by atoms with Gasteiger partial charge in [-0.25, -0.2) is 4.79 Å². The summed E-state index contributed by atoms with van der Waals surface area (Å²) in [6, 6.07) is 0.196. The van der Waals surface area contributed by atoms with Crippen LogP contribution in [-0.4, -0.2) is 91.3 Å². The average molecular weight is 341 g/mol. The summed E-state index contributed by atoms with van der Waals surface area (Å²) >= 11 is 0. The average Bonchev–Trinajstić information content (AvgIpc) is 2.53. The Morgan fingerprint density at radius 1 is 1.21 bits per heavy atom. The maximum absolute atomic E-state index is 12.5. The van der Waals surface area contributed by atoms with Crippen molar-refractivity contribution in [1.82, 2.24) is 20.0 Å². The summed E-state index contributed by atoms with van der Waals surface area (Å²) in [6.45, 7) is 9.53. The van der Waals surface area contributed by atoms with Crippen LogP contribution in [0, 0.1) is 11.8 Å². The third-order valence-corrected chi connectivity index (χ3v) is 5.73. The molecule has 1 saturated heterocycles. The van der Waals surface area contributed by atoms with E-state index in [-0.39, 0.29) is 12.1 Å². The molecule has 0 radical (unpaired) electrons. The van der Waals surface area contributed by atoms with Gasteiger partial charge < -0.3 is 20.2 Å². The second kappa shape index (κ2) is 9.02. The standard InChI is InChI=1S/C18H36N4O2/c1-14-6-5-7-15(2)17(14)19-18(24)21(4)12-16(23)13-22-10-8-20(3)9-11-22/h14-17,23H,5-13H2,1-4H3,(H,19,24). The molecule has 2 N–H and O–H groups in total. The Hall–Kier alpha value is -0.850. The van der Waals surface area contributed by atoms with E-state index in [1.807, 2.05) is 0 Å². The van der Waals surface area contributed by atoms with E-state index in [2.05, 4.69) is 36.0 Å². The first-order chi connectivity index (χ1) is 11.4. The van der Waals surface area contributed by atoms with Crippen LogP contribution in [0.25, 0.3) is 0 Å². The number of urea groups is 1. The Kier molecular flexibility index (Phi) is 7.32. The highest BCUT2D eigenvalue weighted by atomic mass is 16.3. The number of carbonyl (C=O) groups is 1. The number of aliphatic hydroxyl groups is 1. The Labute approximate surface area is 147 Å². The van der Waals surface area contributed by atoms with Crippen LogP contribution in [-0.2, 0) is 0 Å². The van der Waals surface area contributed by atoms with Crippen LogP contribution in [0.1, 0.15) is 33.1 Å². The van der Waals surface area contributed by atoms with Crippen molar-refractivity contribution in [3.63, 3.8) is 0 Å². The van der Waals surface area contributed by atoms with Crippen molar-refractivity contribution in [2.24, 2.45) is 11.8 Å². The minimum absolute atomic E-state index is 0.0574. The van der Waals surface area contributed by atoms with Crippen LogP contribution in [0.4, 0.5) is 4.79 Å². The van der Waals surface area contributed by atoms with Crippen LogP contribution < -0.4 is 5.32 Å². The molecule has 0 aromatic carbocycles. The van der Waals surface area contributed by atoms with Gasteiger partial charge in [-0.2, -0.15) is 0 Å². The lowest BCUT2D eigenvalue weighted by atomic mass is 9.79. The Balaban J connectivity index is 1.74. The molecule has 2 rings (SSSR count). The predicted molar refractivity (Wildman–Crippen MR) is 97.1 cm³/mol. The molecule has 2 amide bonds. The van der Waals surface area contributed by atoms with Gasteiger partial charge in [-0.3, -0.25) is 4.90 Å². The number of hydrogen-bond donors (Lipinski definition) is 2. The van der Waals surface area contributed by atoms with Gasteiger partial charge in [-0.15, -0.1) is 0 Å². The van der Waals surface area contributed by atoms with Gasteiger partial charge in [-0.1, -0.05) is 20.3 Å². The normalized spacial score (nSPS) is 30.8. The number of piperazine rings is 1. The molecule has 1 aliphatic carbocycles. The van der Waals surface area contributed by atoms with Crippen LogP contribution in [0.2, 0.25) is 0 Å². The third kappa shape index (κ3) is 5.60. The van der Waals surface area contributed by atoms with Crippen molar-refractivity contribution in [3.8, 4) is 0 Å². The number of nitrogens with zero attached hydrogens (tertiary/aromatic N) is 3. The van der Waals surface area contributed by atoms with Crippen LogP contribution in [0.3, 0.4) is 0 Å². The molecule has 1 aliphatic heterocycles. The van der Waals surface area contributed by atoms with Gasteiger partial charge in [0.15, 0.2) is 0 Å². The first kappa shape index (κ1) is 19.5. The Morgan fingerprint density at radius 3 is 2.38 bits per heavy atom. The largest absolute Gasteiger partial charge is 0.390 e. The zero-order chi connectivity index (χ0) is 17.7. The van der Waals surface area contributed by atoms with Gasteiger partial charge in [0.25, 0.3) is 0 Å². The molecule has 140 valence electrons. The van der Waals surface area contributed by atoms with Gasteiger partial charge in [0.2, 0.25) is 0 Å². The number of hydrogen-bond acceptors (Lipinski definition) is 4. The molecule has 2 aliphatic rings. The summed E-state index contributed by atoms with van der Waals surface area (Å²) < 4.78 is 0. The monoisotopic (exact) mass is 340 g/mol. The lowest BCUT2D eigenvalue weighted by molar-refractivity contribution is 0.0646. The quantitative estimate of drug-likeness (QED) is 0.786.